The number of benzene rings is 2. The molecule has 0 radical (unpaired) electrons. The number of fused-ring (bicyclic) bond motifs is 1. The van der Waals surface area contributed by atoms with Gasteiger partial charge >= 0.3 is 174 Å². The molecule has 3 heteroatoms. The summed E-state index contributed by atoms with van der Waals surface area (Å²) in [5, 5.41) is 8.78. The Labute approximate surface area is 173 Å². The van der Waals surface area contributed by atoms with Crippen LogP contribution in [0.25, 0.3) is 5.57 Å². The number of carboxylic acids is 1. The van der Waals surface area contributed by atoms with E-state index in [-0.39, 0.29) is 20.4 Å². The fourth-order valence-electron chi connectivity index (χ4n) is 3.35. The normalized spacial score (nSPS) is 15.1. The molecular formula is C25H24O2Se. The van der Waals surface area contributed by atoms with Crippen molar-refractivity contribution in [2.75, 3.05) is 0 Å². The van der Waals surface area contributed by atoms with Crippen molar-refractivity contribution in [1.82, 2.24) is 0 Å². The van der Waals surface area contributed by atoms with E-state index in [0.29, 0.717) is 5.57 Å². The topological polar surface area (TPSA) is 37.3 Å². The summed E-state index contributed by atoms with van der Waals surface area (Å²) in [7, 11) is 0. The number of aryl methyl sites for hydroxylation is 1. The van der Waals surface area contributed by atoms with Crippen molar-refractivity contribution < 1.29 is 9.90 Å². The van der Waals surface area contributed by atoms with E-state index in [1.54, 1.807) is 6.92 Å². The molecule has 1 aliphatic carbocycles. The van der Waals surface area contributed by atoms with E-state index in [1.165, 1.54) is 32.3 Å². The third-order valence-electron chi connectivity index (χ3n) is 4.95. The average molecular weight is 435 g/mol. The Morgan fingerprint density at radius 2 is 1.89 bits per heavy atom. The van der Waals surface area contributed by atoms with E-state index in [9.17, 15) is 4.79 Å². The van der Waals surface area contributed by atoms with Crippen molar-refractivity contribution in [3.05, 3.63) is 82.4 Å². The molecule has 0 bridgehead atoms. The first-order valence-corrected chi connectivity index (χ1v) is 11.0. The van der Waals surface area contributed by atoms with Crippen LogP contribution < -0.4 is 4.46 Å². The van der Waals surface area contributed by atoms with Gasteiger partial charge in [-0.1, -0.05) is 0 Å². The van der Waals surface area contributed by atoms with Crippen LogP contribution in [0.1, 0.15) is 49.4 Å². The first kappa shape index (κ1) is 20.2. The van der Waals surface area contributed by atoms with Crippen LogP contribution in [0, 0.1) is 17.7 Å². The van der Waals surface area contributed by atoms with Crippen LogP contribution in [0.4, 0.5) is 0 Å². The number of allylic oxidation sites excluding steroid dienone is 2. The molecule has 1 N–H and O–H groups in total. The Bertz CT molecular complexity index is 1030. The zero-order valence-electron chi connectivity index (χ0n) is 16.7. The molecule has 0 saturated heterocycles. The van der Waals surface area contributed by atoms with Gasteiger partial charge in [0, 0.05) is 0 Å². The number of aliphatic carboxylic acids is 1. The number of carboxylic acid groups (broad SMARTS) is 1. The summed E-state index contributed by atoms with van der Waals surface area (Å²) in [5.41, 5.74) is 7.16. The summed E-state index contributed by atoms with van der Waals surface area (Å²) < 4.78 is 1.22. The molecule has 2 aromatic carbocycles. The fraction of sp³-hybridized carbons (Fsp3) is 0.240. The zero-order chi connectivity index (χ0) is 20.3. The van der Waals surface area contributed by atoms with Gasteiger partial charge in [-0.3, -0.25) is 0 Å². The number of hydrogen-bond donors (Lipinski definition) is 1. The molecule has 0 unspecified atom stereocenters. The van der Waals surface area contributed by atoms with Gasteiger partial charge in [-0.25, -0.2) is 0 Å². The molecule has 0 aromatic heterocycles. The van der Waals surface area contributed by atoms with Gasteiger partial charge in [0.1, 0.15) is 0 Å². The van der Waals surface area contributed by atoms with Crippen molar-refractivity contribution in [3.63, 3.8) is 0 Å². The molecule has 142 valence electrons. The second kappa shape index (κ2) is 8.23. The van der Waals surface area contributed by atoms with Crippen LogP contribution in [-0.4, -0.2) is 26.0 Å². The average Bonchev–Trinajstić information content (AvgIpc) is 2.62. The van der Waals surface area contributed by atoms with Gasteiger partial charge in [0.25, 0.3) is 0 Å². The molecule has 0 aliphatic heterocycles. The van der Waals surface area contributed by atoms with Crippen LogP contribution in [0.3, 0.4) is 0 Å². The Hall–Kier alpha value is -2.53. The van der Waals surface area contributed by atoms with Crippen LogP contribution in [0.15, 0.2) is 60.2 Å². The Kier molecular flexibility index (Phi) is 5.94. The number of rotatable bonds is 3. The van der Waals surface area contributed by atoms with Crippen molar-refractivity contribution in [2.24, 2.45) is 0 Å². The summed E-state index contributed by atoms with van der Waals surface area (Å²) in [4.78, 5) is 13.9. The van der Waals surface area contributed by atoms with Gasteiger partial charge in [0.15, 0.2) is 0 Å². The van der Waals surface area contributed by atoms with E-state index in [4.69, 9.17) is 5.11 Å². The third-order valence-corrected chi connectivity index (χ3v) is 6.40. The summed E-state index contributed by atoms with van der Waals surface area (Å²) in [6.07, 6.45) is 4.52. The molecule has 28 heavy (non-hydrogen) atoms. The third kappa shape index (κ3) is 4.65. The van der Waals surface area contributed by atoms with Crippen LogP contribution >= 0.6 is 0 Å². The Balaban J connectivity index is 1.93. The van der Waals surface area contributed by atoms with Gasteiger partial charge in [0.2, 0.25) is 0 Å². The summed E-state index contributed by atoms with van der Waals surface area (Å²) >= 11 is -0.0100. The minimum absolute atomic E-state index is 0.0100. The summed E-state index contributed by atoms with van der Waals surface area (Å²) in [6.45, 7) is 8.41. The van der Waals surface area contributed by atoms with E-state index in [1.807, 2.05) is 0 Å². The van der Waals surface area contributed by atoms with Gasteiger partial charge in [-0.05, 0) is 0 Å². The predicted octanol–water partition coefficient (Wildman–Crippen LogP) is 4.43. The maximum atomic E-state index is 10.7. The SMILES string of the molecule is CC(C#C[Se]c1ccc2c(c1)C(C)(C)CC=C2c1ccc(C)cc1)=CC(=O)O. The van der Waals surface area contributed by atoms with Crippen molar-refractivity contribution in [2.45, 2.75) is 39.5 Å². The number of carbonyl (C=O) groups is 1. The molecule has 0 amide bonds. The van der Waals surface area contributed by atoms with E-state index >= 15 is 0 Å². The second-order valence-electron chi connectivity index (χ2n) is 7.77. The van der Waals surface area contributed by atoms with Gasteiger partial charge in [-0.2, -0.15) is 0 Å². The van der Waals surface area contributed by atoms with Crippen molar-refractivity contribution in [1.29, 1.82) is 0 Å². The van der Waals surface area contributed by atoms with Gasteiger partial charge in [-0.15, -0.1) is 0 Å². The first-order chi connectivity index (χ1) is 13.3. The molecule has 1 aliphatic rings. The monoisotopic (exact) mass is 436 g/mol. The standard InChI is InChI=1S/C25H24O2Se/c1-17-5-7-19(8-6-17)21-11-13-25(3,4)23-16-20(9-10-22(21)23)28-14-12-18(2)15-24(26)27/h5-11,15-16H,13H2,1-4H3,(H,26,27). The summed E-state index contributed by atoms with van der Waals surface area (Å²) in [6, 6.07) is 15.4. The molecule has 2 aromatic rings. The Morgan fingerprint density at radius 3 is 2.57 bits per heavy atom. The predicted molar refractivity (Wildman–Crippen MR) is 117 cm³/mol. The maximum absolute atomic E-state index is 10.7. The van der Waals surface area contributed by atoms with Crippen LogP contribution in [0.2, 0.25) is 0 Å². The van der Waals surface area contributed by atoms with Crippen LogP contribution in [0.5, 0.6) is 0 Å². The van der Waals surface area contributed by atoms with E-state index < -0.39 is 5.97 Å². The molecule has 2 nitrogen and oxygen atoms in total. The quantitative estimate of drug-likeness (QED) is 0.440. The fourth-order valence-corrected chi connectivity index (χ4v) is 4.70. The number of hydrogen-bond acceptors (Lipinski definition) is 1. The van der Waals surface area contributed by atoms with Crippen molar-refractivity contribution >= 4 is 31.0 Å². The molecule has 0 saturated carbocycles. The minimum atomic E-state index is -0.953. The van der Waals surface area contributed by atoms with Crippen LogP contribution in [-0.2, 0) is 10.2 Å². The first-order valence-electron chi connectivity index (χ1n) is 9.27. The molecule has 3 rings (SSSR count). The second-order valence-corrected chi connectivity index (χ2v) is 9.62. The van der Waals surface area contributed by atoms with E-state index in [0.717, 1.165) is 12.5 Å². The van der Waals surface area contributed by atoms with Gasteiger partial charge in [0.05, 0.1) is 0 Å². The molecular weight excluding hydrogens is 411 g/mol. The zero-order valence-corrected chi connectivity index (χ0v) is 18.4. The molecule has 0 spiro atoms. The summed E-state index contributed by atoms with van der Waals surface area (Å²) in [5.74, 6) is 2.00. The molecule has 0 fully saturated rings. The van der Waals surface area contributed by atoms with E-state index in [2.05, 4.69) is 80.1 Å². The molecule has 0 atom stereocenters. The Morgan fingerprint density at radius 1 is 1.18 bits per heavy atom. The molecule has 0 heterocycles. The van der Waals surface area contributed by atoms with Gasteiger partial charge < -0.3 is 0 Å². The van der Waals surface area contributed by atoms with Crippen molar-refractivity contribution in [3.8, 4) is 10.7 Å².